The van der Waals surface area contributed by atoms with E-state index in [0.29, 0.717) is 12.5 Å². The highest BCUT2D eigenvalue weighted by atomic mass is 16.5. The Kier molecular flexibility index (Phi) is 4.89. The van der Waals surface area contributed by atoms with Gasteiger partial charge in [-0.15, -0.1) is 0 Å². The fraction of sp³-hybridized carbons (Fsp3) is 0.429. The molecule has 1 unspecified atom stereocenters. The van der Waals surface area contributed by atoms with Gasteiger partial charge in [0.1, 0.15) is 6.10 Å². The minimum atomic E-state index is -0.175. The van der Waals surface area contributed by atoms with Crippen LogP contribution in [0.5, 0.6) is 5.88 Å². The largest absolute Gasteiger partial charge is 0.474 e. The molecule has 26 heavy (non-hydrogen) atoms. The zero-order chi connectivity index (χ0) is 17.8. The Balaban J connectivity index is 1.36. The van der Waals surface area contributed by atoms with Crippen LogP contribution in [-0.2, 0) is 4.74 Å². The molecule has 2 saturated heterocycles. The van der Waals surface area contributed by atoms with E-state index in [-0.39, 0.29) is 17.6 Å². The number of benzene rings is 1. The van der Waals surface area contributed by atoms with Gasteiger partial charge in [0, 0.05) is 43.8 Å². The number of hydrogen-bond acceptors (Lipinski definition) is 4. The summed E-state index contributed by atoms with van der Waals surface area (Å²) in [6.45, 7) is 2.15. The Labute approximate surface area is 153 Å². The molecule has 136 valence electrons. The molecule has 1 aromatic heterocycles. The molecule has 1 aromatic carbocycles. The average Bonchev–Trinajstić information content (AvgIpc) is 2.70. The van der Waals surface area contributed by atoms with Crippen molar-refractivity contribution in [1.29, 1.82) is 0 Å². The number of rotatable bonds is 3. The molecule has 2 fully saturated rings. The minimum absolute atomic E-state index is 0.109. The summed E-state index contributed by atoms with van der Waals surface area (Å²) in [5, 5.41) is 0. The van der Waals surface area contributed by atoms with Crippen LogP contribution >= 0.6 is 0 Å². The number of nitrogens with zero attached hydrogens (tertiary/aromatic N) is 2. The second-order valence-electron chi connectivity index (χ2n) is 7.09. The maximum absolute atomic E-state index is 12.6. The third kappa shape index (κ3) is 3.73. The second-order valence-corrected chi connectivity index (χ2v) is 7.09. The van der Waals surface area contributed by atoms with Crippen LogP contribution in [0.4, 0.5) is 0 Å². The summed E-state index contributed by atoms with van der Waals surface area (Å²) in [7, 11) is 0. The van der Waals surface area contributed by atoms with Gasteiger partial charge in [-0.25, -0.2) is 4.98 Å². The van der Waals surface area contributed by atoms with E-state index in [1.54, 1.807) is 6.20 Å². The van der Waals surface area contributed by atoms with Gasteiger partial charge in [0.05, 0.1) is 12.2 Å². The normalized spacial score (nSPS) is 22.2. The topological polar surface area (TPSA) is 51.7 Å². The van der Waals surface area contributed by atoms with Gasteiger partial charge in [-0.3, -0.25) is 4.79 Å². The number of pyridine rings is 1. The van der Waals surface area contributed by atoms with Crippen LogP contribution in [0.1, 0.15) is 36.0 Å². The van der Waals surface area contributed by atoms with Crippen LogP contribution in [-0.4, -0.2) is 47.2 Å². The highest BCUT2D eigenvalue weighted by Gasteiger charge is 2.42. The predicted molar refractivity (Wildman–Crippen MR) is 98.1 cm³/mol. The number of piperidine rings is 1. The standard InChI is InChI=1S/C21H24N2O3/c24-20(17-6-2-1-3-7-17)23-13-10-21(11-14-23)16-18(9-15-25-21)26-19-8-4-5-12-22-19/h1-8,12,18H,9-11,13-16H2. The number of carbonyl (C=O) groups excluding carboxylic acids is 1. The van der Waals surface area contributed by atoms with E-state index in [0.717, 1.165) is 44.3 Å². The van der Waals surface area contributed by atoms with Crippen molar-refractivity contribution in [2.45, 2.75) is 37.4 Å². The fourth-order valence-corrected chi connectivity index (χ4v) is 3.90. The summed E-state index contributed by atoms with van der Waals surface area (Å²) < 4.78 is 12.2. The van der Waals surface area contributed by atoms with Gasteiger partial charge in [0.25, 0.3) is 5.91 Å². The Morgan fingerprint density at radius 1 is 1.12 bits per heavy atom. The molecule has 1 spiro atoms. The van der Waals surface area contributed by atoms with Crippen LogP contribution in [0.15, 0.2) is 54.7 Å². The lowest BCUT2D eigenvalue weighted by atomic mass is 9.83. The summed E-state index contributed by atoms with van der Waals surface area (Å²) in [6.07, 6.45) is 5.32. The summed E-state index contributed by atoms with van der Waals surface area (Å²) in [5.74, 6) is 0.781. The molecule has 2 aliphatic heterocycles. The highest BCUT2D eigenvalue weighted by molar-refractivity contribution is 5.94. The molecule has 4 rings (SSSR count). The molecule has 1 atom stereocenters. The lowest BCUT2D eigenvalue weighted by Gasteiger charge is -2.45. The third-order valence-electron chi connectivity index (χ3n) is 5.36. The van der Waals surface area contributed by atoms with Crippen LogP contribution in [0.2, 0.25) is 0 Å². The van der Waals surface area contributed by atoms with Crippen molar-refractivity contribution in [2.75, 3.05) is 19.7 Å². The summed E-state index contributed by atoms with van der Waals surface area (Å²) in [5.41, 5.74) is 0.579. The third-order valence-corrected chi connectivity index (χ3v) is 5.36. The molecule has 0 aliphatic carbocycles. The van der Waals surface area contributed by atoms with E-state index in [4.69, 9.17) is 9.47 Å². The van der Waals surface area contributed by atoms with Crippen LogP contribution in [0.3, 0.4) is 0 Å². The van der Waals surface area contributed by atoms with Crippen LogP contribution < -0.4 is 4.74 Å². The van der Waals surface area contributed by atoms with Gasteiger partial charge in [-0.05, 0) is 31.0 Å². The average molecular weight is 352 g/mol. The van der Waals surface area contributed by atoms with Crippen molar-refractivity contribution in [1.82, 2.24) is 9.88 Å². The SMILES string of the molecule is O=C(c1ccccc1)N1CCC2(CC1)CC(Oc1ccccn1)CCO2. The number of carbonyl (C=O) groups is 1. The first kappa shape index (κ1) is 17.0. The van der Waals surface area contributed by atoms with Crippen molar-refractivity contribution in [2.24, 2.45) is 0 Å². The molecule has 2 aromatic rings. The minimum Gasteiger partial charge on any atom is -0.474 e. The number of aromatic nitrogens is 1. The first-order valence-electron chi connectivity index (χ1n) is 9.30. The summed E-state index contributed by atoms with van der Waals surface area (Å²) in [4.78, 5) is 18.8. The van der Waals surface area contributed by atoms with E-state index < -0.39 is 0 Å². The summed E-state index contributed by atoms with van der Waals surface area (Å²) in [6, 6.07) is 15.2. The van der Waals surface area contributed by atoms with Gasteiger partial charge < -0.3 is 14.4 Å². The van der Waals surface area contributed by atoms with Crippen molar-refractivity contribution in [3.05, 3.63) is 60.3 Å². The smallest absolute Gasteiger partial charge is 0.253 e. The zero-order valence-electron chi connectivity index (χ0n) is 14.8. The van der Waals surface area contributed by atoms with E-state index in [9.17, 15) is 4.79 Å². The lowest BCUT2D eigenvalue weighted by Crippen LogP contribution is -2.52. The fourth-order valence-electron chi connectivity index (χ4n) is 3.90. The van der Waals surface area contributed by atoms with Crippen molar-refractivity contribution in [3.63, 3.8) is 0 Å². The first-order chi connectivity index (χ1) is 12.7. The Hall–Kier alpha value is -2.40. The van der Waals surface area contributed by atoms with Gasteiger partial charge in [0.2, 0.25) is 5.88 Å². The Morgan fingerprint density at radius 3 is 2.62 bits per heavy atom. The molecular weight excluding hydrogens is 328 g/mol. The van der Waals surface area contributed by atoms with Gasteiger partial charge in [0.15, 0.2) is 0 Å². The van der Waals surface area contributed by atoms with Crippen molar-refractivity contribution >= 4 is 5.91 Å². The van der Waals surface area contributed by atoms with Crippen molar-refractivity contribution in [3.8, 4) is 5.88 Å². The van der Waals surface area contributed by atoms with E-state index >= 15 is 0 Å². The van der Waals surface area contributed by atoms with Crippen LogP contribution in [0, 0.1) is 0 Å². The maximum Gasteiger partial charge on any atom is 0.253 e. The molecule has 2 aliphatic rings. The van der Waals surface area contributed by atoms with Gasteiger partial charge >= 0.3 is 0 Å². The zero-order valence-corrected chi connectivity index (χ0v) is 14.8. The molecule has 0 N–H and O–H groups in total. The van der Waals surface area contributed by atoms with E-state index in [1.165, 1.54) is 0 Å². The molecular formula is C21H24N2O3. The number of likely N-dealkylation sites (tertiary alicyclic amines) is 1. The molecule has 1 amide bonds. The predicted octanol–water partition coefficient (Wildman–Crippen LogP) is 3.31. The van der Waals surface area contributed by atoms with Crippen molar-refractivity contribution < 1.29 is 14.3 Å². The number of hydrogen-bond donors (Lipinski definition) is 0. The van der Waals surface area contributed by atoms with E-state index in [1.807, 2.05) is 53.4 Å². The molecule has 5 heteroatoms. The second kappa shape index (κ2) is 7.46. The monoisotopic (exact) mass is 352 g/mol. The Bertz CT molecular complexity index is 727. The molecule has 3 heterocycles. The molecule has 0 saturated carbocycles. The van der Waals surface area contributed by atoms with Crippen LogP contribution in [0.25, 0.3) is 0 Å². The highest BCUT2D eigenvalue weighted by Crippen LogP contribution is 2.36. The van der Waals surface area contributed by atoms with E-state index in [2.05, 4.69) is 4.98 Å². The maximum atomic E-state index is 12.6. The molecule has 0 bridgehead atoms. The first-order valence-corrected chi connectivity index (χ1v) is 9.30. The summed E-state index contributed by atoms with van der Waals surface area (Å²) >= 11 is 0. The lowest BCUT2D eigenvalue weighted by molar-refractivity contribution is -0.135. The van der Waals surface area contributed by atoms with Gasteiger partial charge in [-0.2, -0.15) is 0 Å². The molecule has 0 radical (unpaired) electrons. The Morgan fingerprint density at radius 2 is 1.88 bits per heavy atom. The number of amides is 1. The quantitative estimate of drug-likeness (QED) is 0.850. The number of ether oxygens (including phenoxy) is 2. The molecule has 5 nitrogen and oxygen atoms in total. The van der Waals surface area contributed by atoms with Gasteiger partial charge in [-0.1, -0.05) is 24.3 Å².